The second-order valence-electron chi connectivity index (χ2n) is 3.74. The fraction of sp³-hybridized carbons (Fsp3) is 0.385. The van der Waals surface area contributed by atoms with Crippen LogP contribution < -0.4 is 4.74 Å². The second-order valence-corrected chi connectivity index (χ2v) is 3.74. The molecule has 1 aromatic rings. The Bertz CT molecular complexity index is 470. The molecule has 0 amide bonds. The molecular formula is C13H14FNO3. The highest BCUT2D eigenvalue weighted by atomic mass is 19.1. The molecule has 0 N–H and O–H groups in total. The van der Waals surface area contributed by atoms with Crippen molar-refractivity contribution in [2.75, 3.05) is 6.61 Å². The van der Waals surface area contributed by atoms with Crippen LogP contribution in [0.5, 0.6) is 5.75 Å². The first-order valence-corrected chi connectivity index (χ1v) is 5.48. The highest BCUT2D eigenvalue weighted by Crippen LogP contribution is 2.26. The number of carbonyl (C=O) groups excluding carboxylic acids is 1. The van der Waals surface area contributed by atoms with Crippen molar-refractivity contribution < 1.29 is 18.7 Å². The van der Waals surface area contributed by atoms with Crippen LogP contribution >= 0.6 is 0 Å². The predicted molar refractivity (Wildman–Crippen MR) is 62.8 cm³/mol. The molecular weight excluding hydrogens is 237 g/mol. The van der Waals surface area contributed by atoms with Gasteiger partial charge in [-0.25, -0.2) is 4.79 Å². The molecule has 0 radical (unpaired) electrons. The third kappa shape index (κ3) is 3.20. The average Bonchev–Trinajstić information content (AvgIpc) is 2.33. The molecule has 1 atom stereocenters. The first-order valence-electron chi connectivity index (χ1n) is 5.48. The highest BCUT2D eigenvalue weighted by molar-refractivity contribution is 5.73. The zero-order valence-corrected chi connectivity index (χ0v) is 10.5. The number of aryl methyl sites for hydroxylation is 2. The molecule has 1 unspecified atom stereocenters. The molecule has 1 aromatic carbocycles. The lowest BCUT2D eigenvalue weighted by Crippen LogP contribution is -2.25. The first kappa shape index (κ1) is 14.0. The second kappa shape index (κ2) is 6.01. The maximum Gasteiger partial charge on any atom is 0.381 e. The van der Waals surface area contributed by atoms with Gasteiger partial charge in [-0.3, -0.25) is 0 Å². The van der Waals surface area contributed by atoms with Gasteiger partial charge < -0.3 is 9.47 Å². The van der Waals surface area contributed by atoms with Gasteiger partial charge in [0.1, 0.15) is 5.75 Å². The fourth-order valence-electron chi connectivity index (χ4n) is 1.56. The number of rotatable bonds is 4. The van der Waals surface area contributed by atoms with Gasteiger partial charge in [-0.1, -0.05) is 0 Å². The Labute approximate surface area is 105 Å². The van der Waals surface area contributed by atoms with E-state index in [2.05, 4.69) is 4.74 Å². The molecule has 0 aliphatic heterocycles. The molecule has 0 aliphatic carbocycles. The van der Waals surface area contributed by atoms with Crippen LogP contribution in [-0.2, 0) is 9.53 Å². The van der Waals surface area contributed by atoms with Gasteiger partial charge in [0.2, 0.25) is 0 Å². The van der Waals surface area contributed by atoms with E-state index < -0.39 is 12.3 Å². The van der Waals surface area contributed by atoms with E-state index in [1.54, 1.807) is 32.9 Å². The molecule has 96 valence electrons. The summed E-state index contributed by atoms with van der Waals surface area (Å²) < 4.78 is 22.9. The zero-order chi connectivity index (χ0) is 13.7. The molecule has 5 heteroatoms. The van der Waals surface area contributed by atoms with E-state index in [9.17, 15) is 9.18 Å². The van der Waals surface area contributed by atoms with Crippen LogP contribution in [0.3, 0.4) is 0 Å². The van der Waals surface area contributed by atoms with E-state index in [1.165, 1.54) is 0 Å². The van der Waals surface area contributed by atoms with Crippen molar-refractivity contribution in [3.63, 3.8) is 0 Å². The quantitative estimate of drug-likeness (QED) is 0.771. The molecule has 0 heterocycles. The number of benzene rings is 1. The van der Waals surface area contributed by atoms with Crippen LogP contribution in [0.25, 0.3) is 0 Å². The Hall–Kier alpha value is -2.09. The van der Waals surface area contributed by atoms with Gasteiger partial charge in [-0.2, -0.15) is 9.65 Å². The number of esters is 1. The van der Waals surface area contributed by atoms with Crippen molar-refractivity contribution in [3.05, 3.63) is 28.8 Å². The molecule has 0 aliphatic rings. The minimum atomic E-state index is -2.16. The van der Waals surface area contributed by atoms with E-state index >= 15 is 0 Å². The van der Waals surface area contributed by atoms with Gasteiger partial charge in [0, 0.05) is 0 Å². The maximum absolute atomic E-state index is 13.4. The predicted octanol–water partition coefficient (Wildman–Crippen LogP) is 2.41. The number of nitriles is 1. The van der Waals surface area contributed by atoms with Gasteiger partial charge in [0.15, 0.2) is 0 Å². The average molecular weight is 251 g/mol. The number of hydrogen-bond donors (Lipinski definition) is 0. The van der Waals surface area contributed by atoms with Gasteiger partial charge in [-0.15, -0.1) is 0 Å². The first-order chi connectivity index (χ1) is 8.49. The molecule has 4 nitrogen and oxygen atoms in total. The molecule has 0 saturated carbocycles. The third-order valence-corrected chi connectivity index (χ3v) is 2.28. The van der Waals surface area contributed by atoms with Gasteiger partial charge in [-0.05, 0) is 44.0 Å². The van der Waals surface area contributed by atoms with Crippen LogP contribution in [0.4, 0.5) is 4.39 Å². The van der Waals surface area contributed by atoms with Crippen molar-refractivity contribution in [1.82, 2.24) is 0 Å². The lowest BCUT2D eigenvalue weighted by atomic mass is 10.1. The summed E-state index contributed by atoms with van der Waals surface area (Å²) in [7, 11) is 0. The monoisotopic (exact) mass is 251 g/mol. The third-order valence-electron chi connectivity index (χ3n) is 2.28. The van der Waals surface area contributed by atoms with Crippen LogP contribution in [0.1, 0.15) is 23.6 Å². The number of carbonyl (C=O) groups is 1. The van der Waals surface area contributed by atoms with Gasteiger partial charge >= 0.3 is 12.3 Å². The molecule has 0 fully saturated rings. The Morgan fingerprint density at radius 2 is 2.00 bits per heavy atom. The summed E-state index contributed by atoms with van der Waals surface area (Å²) in [6.07, 6.45) is -2.16. The lowest BCUT2D eigenvalue weighted by molar-refractivity contribution is -0.159. The summed E-state index contributed by atoms with van der Waals surface area (Å²) in [6, 6.07) is 5.13. The summed E-state index contributed by atoms with van der Waals surface area (Å²) in [5.41, 5.74) is 1.65. The van der Waals surface area contributed by atoms with Crippen molar-refractivity contribution in [2.45, 2.75) is 27.1 Å². The largest absolute Gasteiger partial charge is 0.461 e. The van der Waals surface area contributed by atoms with Crippen LogP contribution in [0.2, 0.25) is 0 Å². The standard InChI is InChI=1S/C13H14FNO3/c1-4-17-13(16)12(14)18-11-8(2)5-10(7-15)6-9(11)3/h5-6,12H,4H2,1-3H3. The molecule has 18 heavy (non-hydrogen) atoms. The van der Waals surface area contributed by atoms with E-state index in [-0.39, 0.29) is 12.4 Å². The van der Waals surface area contributed by atoms with Crippen molar-refractivity contribution in [3.8, 4) is 11.8 Å². The number of halogens is 1. The minimum absolute atomic E-state index is 0.0912. The van der Waals surface area contributed by atoms with Gasteiger partial charge in [0.05, 0.1) is 18.2 Å². The zero-order valence-electron chi connectivity index (χ0n) is 10.5. The number of nitrogens with zero attached hydrogens (tertiary/aromatic N) is 1. The summed E-state index contributed by atoms with van der Waals surface area (Å²) in [6.45, 7) is 5.04. The van der Waals surface area contributed by atoms with Gasteiger partial charge in [0.25, 0.3) is 0 Å². The molecule has 0 spiro atoms. The number of ether oxygens (including phenoxy) is 2. The topological polar surface area (TPSA) is 59.3 Å². The van der Waals surface area contributed by atoms with Crippen LogP contribution in [0.15, 0.2) is 12.1 Å². The molecule has 0 aromatic heterocycles. The van der Waals surface area contributed by atoms with Crippen molar-refractivity contribution >= 4 is 5.97 Å². The molecule has 1 rings (SSSR count). The van der Waals surface area contributed by atoms with E-state index in [0.29, 0.717) is 16.7 Å². The number of hydrogen-bond acceptors (Lipinski definition) is 4. The summed E-state index contributed by atoms with van der Waals surface area (Å²) in [5, 5.41) is 8.78. The van der Waals surface area contributed by atoms with Crippen LogP contribution in [-0.4, -0.2) is 18.9 Å². The summed E-state index contributed by atoms with van der Waals surface area (Å²) in [5.74, 6) is -0.796. The van der Waals surface area contributed by atoms with E-state index in [1.807, 2.05) is 6.07 Å². The fourth-order valence-corrected chi connectivity index (χ4v) is 1.56. The van der Waals surface area contributed by atoms with Crippen molar-refractivity contribution in [1.29, 1.82) is 5.26 Å². The lowest BCUT2D eigenvalue weighted by Gasteiger charge is -2.14. The smallest absolute Gasteiger partial charge is 0.381 e. The SMILES string of the molecule is CCOC(=O)C(F)Oc1c(C)cc(C#N)cc1C. The molecule has 0 bridgehead atoms. The molecule has 0 saturated heterocycles. The van der Waals surface area contributed by atoms with E-state index in [4.69, 9.17) is 10.00 Å². The maximum atomic E-state index is 13.4. The summed E-state index contributed by atoms with van der Waals surface area (Å²) >= 11 is 0. The van der Waals surface area contributed by atoms with E-state index in [0.717, 1.165) is 0 Å². The Morgan fingerprint density at radius 3 is 2.44 bits per heavy atom. The van der Waals surface area contributed by atoms with Crippen molar-refractivity contribution in [2.24, 2.45) is 0 Å². The highest BCUT2D eigenvalue weighted by Gasteiger charge is 2.22. The van der Waals surface area contributed by atoms with Crippen LogP contribution in [0, 0.1) is 25.2 Å². The Morgan fingerprint density at radius 1 is 1.44 bits per heavy atom. The normalized spacial score (nSPS) is 11.5. The Balaban J connectivity index is 2.92. The number of alkyl halides is 1. The summed E-state index contributed by atoms with van der Waals surface area (Å²) in [4.78, 5) is 11.1. The Kier molecular flexibility index (Phi) is 4.67. The minimum Gasteiger partial charge on any atom is -0.461 e.